The SMILES string of the molecule is CCCOc1ccccc1C1CC(=O)Nc2c1c(=O)nc(SCc1ccc(F)cc1)n2C. The highest BCUT2D eigenvalue weighted by Crippen LogP contribution is 2.39. The van der Waals surface area contributed by atoms with E-state index in [9.17, 15) is 14.0 Å². The maximum atomic E-state index is 13.2. The Kier molecular flexibility index (Phi) is 6.60. The van der Waals surface area contributed by atoms with Crippen LogP contribution in [-0.4, -0.2) is 22.1 Å². The van der Waals surface area contributed by atoms with Gasteiger partial charge in [0.05, 0.1) is 12.2 Å². The number of nitrogens with one attached hydrogen (secondary N) is 1. The summed E-state index contributed by atoms with van der Waals surface area (Å²) in [6, 6.07) is 13.7. The van der Waals surface area contributed by atoms with Crippen LogP contribution in [-0.2, 0) is 17.6 Å². The Morgan fingerprint density at radius 1 is 1.19 bits per heavy atom. The lowest BCUT2D eigenvalue weighted by atomic mass is 9.86. The Hall–Kier alpha value is -3.13. The van der Waals surface area contributed by atoms with Crippen LogP contribution in [0.2, 0.25) is 0 Å². The molecular weight excluding hydrogens is 429 g/mol. The van der Waals surface area contributed by atoms with Crippen molar-refractivity contribution in [2.24, 2.45) is 7.05 Å². The molecule has 4 rings (SSSR count). The lowest BCUT2D eigenvalue weighted by molar-refractivity contribution is -0.116. The van der Waals surface area contributed by atoms with Gasteiger partial charge in [-0.1, -0.05) is 49.0 Å². The van der Waals surface area contributed by atoms with E-state index in [1.807, 2.05) is 31.2 Å². The molecule has 1 amide bonds. The zero-order valence-electron chi connectivity index (χ0n) is 17.9. The Labute approximate surface area is 189 Å². The summed E-state index contributed by atoms with van der Waals surface area (Å²) in [6.07, 6.45) is 1.01. The molecule has 166 valence electrons. The van der Waals surface area contributed by atoms with E-state index in [0.29, 0.717) is 34.6 Å². The van der Waals surface area contributed by atoms with Crippen LogP contribution < -0.4 is 15.6 Å². The van der Waals surface area contributed by atoms with Gasteiger partial charge in [0, 0.05) is 30.7 Å². The number of thioether (sulfide) groups is 1. The number of halogens is 1. The minimum atomic E-state index is -0.436. The summed E-state index contributed by atoms with van der Waals surface area (Å²) >= 11 is 1.36. The first-order valence-corrected chi connectivity index (χ1v) is 11.5. The Bertz CT molecular complexity index is 1190. The molecule has 6 nitrogen and oxygen atoms in total. The summed E-state index contributed by atoms with van der Waals surface area (Å²) in [4.78, 5) is 30.0. The van der Waals surface area contributed by atoms with Crippen LogP contribution in [0.5, 0.6) is 5.75 Å². The summed E-state index contributed by atoms with van der Waals surface area (Å²) in [7, 11) is 1.78. The van der Waals surface area contributed by atoms with E-state index in [-0.39, 0.29) is 23.7 Å². The molecular formula is C24H24FN3O3S. The number of benzene rings is 2. The molecule has 32 heavy (non-hydrogen) atoms. The highest BCUT2D eigenvalue weighted by Gasteiger charge is 2.33. The van der Waals surface area contributed by atoms with E-state index < -0.39 is 5.92 Å². The first kappa shape index (κ1) is 22.1. The summed E-state index contributed by atoms with van der Waals surface area (Å²) in [5.41, 5.74) is 1.82. The van der Waals surface area contributed by atoms with Crippen molar-refractivity contribution in [3.05, 3.63) is 81.4 Å². The predicted octanol–water partition coefficient (Wildman–Crippen LogP) is 4.47. The maximum Gasteiger partial charge on any atom is 0.279 e. The van der Waals surface area contributed by atoms with E-state index in [2.05, 4.69) is 10.3 Å². The summed E-state index contributed by atoms with van der Waals surface area (Å²) in [6.45, 7) is 2.58. The molecule has 1 aliphatic heterocycles. The van der Waals surface area contributed by atoms with Crippen molar-refractivity contribution >= 4 is 23.5 Å². The molecule has 0 fully saturated rings. The van der Waals surface area contributed by atoms with Crippen molar-refractivity contribution in [1.82, 2.24) is 9.55 Å². The molecule has 0 bridgehead atoms. The molecule has 1 aromatic heterocycles. The van der Waals surface area contributed by atoms with Gasteiger partial charge >= 0.3 is 0 Å². The fraction of sp³-hybridized carbons (Fsp3) is 0.292. The fourth-order valence-electron chi connectivity index (χ4n) is 3.77. The Morgan fingerprint density at radius 3 is 2.69 bits per heavy atom. The average Bonchev–Trinajstić information content (AvgIpc) is 2.79. The lowest BCUT2D eigenvalue weighted by Crippen LogP contribution is -2.33. The first-order valence-electron chi connectivity index (χ1n) is 10.5. The van der Waals surface area contributed by atoms with Crippen molar-refractivity contribution < 1.29 is 13.9 Å². The van der Waals surface area contributed by atoms with Crippen molar-refractivity contribution in [2.75, 3.05) is 11.9 Å². The van der Waals surface area contributed by atoms with Crippen LogP contribution in [0, 0.1) is 5.82 Å². The number of para-hydroxylation sites is 1. The topological polar surface area (TPSA) is 73.2 Å². The molecule has 2 aromatic carbocycles. The molecule has 1 N–H and O–H groups in total. The zero-order valence-corrected chi connectivity index (χ0v) is 18.7. The van der Waals surface area contributed by atoms with Gasteiger partial charge in [0.15, 0.2) is 5.16 Å². The summed E-state index contributed by atoms with van der Waals surface area (Å²) in [5.74, 6) is 0.757. The van der Waals surface area contributed by atoms with Gasteiger partial charge in [0.25, 0.3) is 5.56 Å². The number of hydrogen-bond donors (Lipinski definition) is 1. The van der Waals surface area contributed by atoms with Gasteiger partial charge in [-0.05, 0) is 30.2 Å². The number of carbonyl (C=O) groups excluding carboxylic acids is 1. The summed E-state index contributed by atoms with van der Waals surface area (Å²) < 4.78 is 20.8. The summed E-state index contributed by atoms with van der Waals surface area (Å²) in [5, 5.41) is 3.34. The van der Waals surface area contributed by atoms with Gasteiger partial charge in [0.1, 0.15) is 17.4 Å². The van der Waals surface area contributed by atoms with Gasteiger partial charge in [-0.3, -0.25) is 9.59 Å². The third kappa shape index (κ3) is 4.55. The largest absolute Gasteiger partial charge is 0.493 e. The molecule has 1 aliphatic rings. The Balaban J connectivity index is 1.70. The first-order chi connectivity index (χ1) is 15.5. The number of hydrogen-bond acceptors (Lipinski definition) is 5. The number of rotatable bonds is 7. The molecule has 1 atom stereocenters. The van der Waals surface area contributed by atoms with Gasteiger partial charge in [0.2, 0.25) is 5.91 Å². The number of carbonyl (C=O) groups is 1. The maximum absolute atomic E-state index is 13.2. The molecule has 8 heteroatoms. The van der Waals surface area contributed by atoms with Crippen LogP contribution in [0.4, 0.5) is 10.2 Å². The monoisotopic (exact) mass is 453 g/mol. The second kappa shape index (κ2) is 9.56. The van der Waals surface area contributed by atoms with E-state index in [1.54, 1.807) is 23.7 Å². The number of ether oxygens (including phenoxy) is 1. The number of fused-ring (bicyclic) bond motifs is 1. The second-order valence-corrected chi connectivity index (χ2v) is 8.57. The average molecular weight is 454 g/mol. The van der Waals surface area contributed by atoms with E-state index in [1.165, 1.54) is 23.9 Å². The van der Waals surface area contributed by atoms with Gasteiger partial charge in [-0.25, -0.2) is 4.39 Å². The van der Waals surface area contributed by atoms with Gasteiger partial charge in [-0.2, -0.15) is 4.98 Å². The number of nitrogens with zero attached hydrogens (tertiary/aromatic N) is 2. The van der Waals surface area contributed by atoms with Crippen LogP contribution in [0.3, 0.4) is 0 Å². The van der Waals surface area contributed by atoms with E-state index >= 15 is 0 Å². The minimum Gasteiger partial charge on any atom is -0.493 e. The smallest absolute Gasteiger partial charge is 0.279 e. The van der Waals surface area contributed by atoms with Gasteiger partial charge in [-0.15, -0.1) is 0 Å². The van der Waals surface area contributed by atoms with E-state index in [0.717, 1.165) is 17.5 Å². The quantitative estimate of drug-likeness (QED) is 0.422. The third-order valence-electron chi connectivity index (χ3n) is 5.34. The molecule has 1 unspecified atom stereocenters. The number of aromatic nitrogens is 2. The van der Waals surface area contributed by atoms with Crippen LogP contribution in [0.1, 0.15) is 42.4 Å². The van der Waals surface area contributed by atoms with Gasteiger partial charge < -0.3 is 14.6 Å². The normalized spacial score (nSPS) is 15.2. The van der Waals surface area contributed by atoms with Crippen molar-refractivity contribution in [3.8, 4) is 5.75 Å². The van der Waals surface area contributed by atoms with Crippen molar-refractivity contribution in [2.45, 2.75) is 36.6 Å². The van der Waals surface area contributed by atoms with Crippen molar-refractivity contribution in [3.63, 3.8) is 0 Å². The Morgan fingerprint density at radius 2 is 1.94 bits per heavy atom. The molecule has 2 heterocycles. The molecule has 0 spiro atoms. The molecule has 0 saturated heterocycles. The second-order valence-electron chi connectivity index (χ2n) is 7.63. The fourth-order valence-corrected chi connectivity index (χ4v) is 4.69. The third-order valence-corrected chi connectivity index (χ3v) is 6.44. The van der Waals surface area contributed by atoms with Crippen LogP contribution in [0.25, 0.3) is 0 Å². The minimum absolute atomic E-state index is 0.151. The molecule has 0 radical (unpaired) electrons. The predicted molar refractivity (Wildman–Crippen MR) is 123 cm³/mol. The highest BCUT2D eigenvalue weighted by atomic mass is 32.2. The molecule has 0 saturated carbocycles. The highest BCUT2D eigenvalue weighted by molar-refractivity contribution is 7.98. The lowest BCUT2D eigenvalue weighted by Gasteiger charge is -2.28. The zero-order chi connectivity index (χ0) is 22.7. The number of amides is 1. The van der Waals surface area contributed by atoms with E-state index in [4.69, 9.17) is 4.74 Å². The molecule has 3 aromatic rings. The van der Waals surface area contributed by atoms with Crippen LogP contribution in [0.15, 0.2) is 58.5 Å². The van der Waals surface area contributed by atoms with Crippen molar-refractivity contribution in [1.29, 1.82) is 0 Å². The standard InChI is InChI=1S/C24H24FN3O3S/c1-3-12-31-19-7-5-4-6-17(19)18-13-20(29)26-22-21(18)23(30)27-24(28(22)2)32-14-15-8-10-16(25)11-9-15/h4-11,18H,3,12-14H2,1-2H3,(H,26,29). The van der Waals surface area contributed by atoms with Crippen LogP contribution >= 0.6 is 11.8 Å². The molecule has 0 aliphatic carbocycles. The number of anilines is 1.